The maximum Gasteiger partial charge on any atom is 0.293 e. The number of halogens is 1. The van der Waals surface area contributed by atoms with Crippen molar-refractivity contribution in [1.82, 2.24) is 10.2 Å². The Bertz CT molecular complexity index is 1040. The van der Waals surface area contributed by atoms with Crippen molar-refractivity contribution in [3.05, 3.63) is 64.0 Å². The Morgan fingerprint density at radius 3 is 2.34 bits per heavy atom. The fraction of sp³-hybridized carbons (Fsp3) is 0.261. The first-order valence-corrected chi connectivity index (χ1v) is 11.0. The Labute approximate surface area is 195 Å². The minimum absolute atomic E-state index is 0.0629. The van der Waals surface area contributed by atoms with Crippen LogP contribution in [0.3, 0.4) is 0 Å². The Kier molecular flexibility index (Phi) is 7.48. The number of nitrogens with one attached hydrogen (secondary N) is 1. The number of hydrogen-bond donors (Lipinski definition) is 1. The zero-order valence-electron chi connectivity index (χ0n) is 17.9. The lowest BCUT2D eigenvalue weighted by Gasteiger charge is -2.25. The third-order valence-electron chi connectivity index (χ3n) is 4.64. The molecule has 0 radical (unpaired) electrons. The average molecular weight is 475 g/mol. The predicted octanol–water partition coefficient (Wildman–Crippen LogP) is 4.36. The zero-order valence-corrected chi connectivity index (χ0v) is 19.5. The molecule has 168 valence electrons. The van der Waals surface area contributed by atoms with Gasteiger partial charge in [0.25, 0.3) is 17.1 Å². The highest BCUT2D eigenvalue weighted by atomic mass is 35.5. The van der Waals surface area contributed by atoms with Gasteiger partial charge in [-0.3, -0.25) is 19.3 Å². The van der Waals surface area contributed by atoms with Crippen LogP contribution in [0.2, 0.25) is 5.02 Å². The van der Waals surface area contributed by atoms with Crippen molar-refractivity contribution in [1.29, 1.82) is 0 Å². The molecule has 3 rings (SSSR count). The van der Waals surface area contributed by atoms with E-state index in [0.29, 0.717) is 21.4 Å². The van der Waals surface area contributed by atoms with Crippen molar-refractivity contribution < 1.29 is 23.9 Å². The number of hydrogen-bond acceptors (Lipinski definition) is 6. The van der Waals surface area contributed by atoms with E-state index < -0.39 is 5.60 Å². The van der Waals surface area contributed by atoms with Gasteiger partial charge in [0, 0.05) is 18.1 Å². The molecule has 0 saturated carbocycles. The minimum Gasteiger partial charge on any atom is -0.497 e. The maximum absolute atomic E-state index is 12.6. The quantitative estimate of drug-likeness (QED) is 0.572. The molecule has 7 nitrogen and oxygen atoms in total. The summed E-state index contributed by atoms with van der Waals surface area (Å²) < 4.78 is 10.9. The molecule has 9 heteroatoms. The van der Waals surface area contributed by atoms with Gasteiger partial charge in [-0.2, -0.15) is 0 Å². The van der Waals surface area contributed by atoms with Gasteiger partial charge in [-0.1, -0.05) is 23.7 Å². The van der Waals surface area contributed by atoms with E-state index in [2.05, 4.69) is 5.32 Å². The van der Waals surface area contributed by atoms with Gasteiger partial charge in [-0.25, -0.2) is 0 Å². The lowest BCUT2D eigenvalue weighted by Crippen LogP contribution is -2.48. The topological polar surface area (TPSA) is 84.9 Å². The summed E-state index contributed by atoms with van der Waals surface area (Å²) in [4.78, 5) is 38.9. The number of amides is 3. The Balaban J connectivity index is 1.55. The third-order valence-corrected chi connectivity index (χ3v) is 5.80. The highest BCUT2D eigenvalue weighted by Crippen LogP contribution is 2.32. The van der Waals surface area contributed by atoms with E-state index in [9.17, 15) is 14.4 Å². The average Bonchev–Trinajstić information content (AvgIpc) is 3.03. The van der Waals surface area contributed by atoms with E-state index in [1.54, 1.807) is 75.6 Å². The molecule has 0 spiro atoms. The number of thioether (sulfide) groups is 1. The molecule has 2 aromatic carbocycles. The molecule has 1 fully saturated rings. The number of benzene rings is 2. The SMILES string of the molecule is COc1ccc(/C=C2/SC(=O)N(CCNC(=O)C(C)(C)Oc3ccc(Cl)cc3)C2=O)cc1. The largest absolute Gasteiger partial charge is 0.497 e. The number of ether oxygens (including phenoxy) is 2. The molecule has 1 aliphatic rings. The first-order chi connectivity index (χ1) is 15.2. The second-order valence-corrected chi connectivity index (χ2v) is 8.86. The van der Waals surface area contributed by atoms with Crippen LogP contribution in [-0.4, -0.2) is 47.8 Å². The zero-order chi connectivity index (χ0) is 23.3. The maximum atomic E-state index is 12.6. The highest BCUT2D eigenvalue weighted by molar-refractivity contribution is 8.18. The van der Waals surface area contributed by atoms with Gasteiger partial charge in [-0.05, 0) is 73.6 Å². The smallest absolute Gasteiger partial charge is 0.293 e. The summed E-state index contributed by atoms with van der Waals surface area (Å²) in [6.07, 6.45) is 1.66. The first kappa shape index (κ1) is 23.7. The highest BCUT2D eigenvalue weighted by Gasteiger charge is 2.35. The first-order valence-electron chi connectivity index (χ1n) is 9.82. The molecule has 2 aromatic rings. The molecule has 0 aromatic heterocycles. The summed E-state index contributed by atoms with van der Waals surface area (Å²) in [5, 5.41) is 2.91. The Morgan fingerprint density at radius 1 is 1.09 bits per heavy atom. The van der Waals surface area contributed by atoms with Gasteiger partial charge in [0.2, 0.25) is 0 Å². The number of nitrogens with zero attached hydrogens (tertiary/aromatic N) is 1. The van der Waals surface area contributed by atoms with E-state index in [4.69, 9.17) is 21.1 Å². The lowest BCUT2D eigenvalue weighted by molar-refractivity contribution is -0.134. The molecular formula is C23H23ClN2O5S. The lowest BCUT2D eigenvalue weighted by atomic mass is 10.1. The van der Waals surface area contributed by atoms with Crippen molar-refractivity contribution in [2.45, 2.75) is 19.4 Å². The second-order valence-electron chi connectivity index (χ2n) is 7.43. The van der Waals surface area contributed by atoms with Crippen molar-refractivity contribution in [3.8, 4) is 11.5 Å². The van der Waals surface area contributed by atoms with E-state index in [-0.39, 0.29) is 30.1 Å². The van der Waals surface area contributed by atoms with Crippen LogP contribution in [0.4, 0.5) is 4.79 Å². The molecule has 0 bridgehead atoms. The number of carbonyl (C=O) groups excluding carboxylic acids is 3. The number of carbonyl (C=O) groups is 3. The van der Waals surface area contributed by atoms with Crippen LogP contribution < -0.4 is 14.8 Å². The van der Waals surface area contributed by atoms with Crippen LogP contribution in [0.5, 0.6) is 11.5 Å². The van der Waals surface area contributed by atoms with Crippen LogP contribution in [0, 0.1) is 0 Å². The molecule has 1 aliphatic heterocycles. The van der Waals surface area contributed by atoms with Gasteiger partial charge in [0.1, 0.15) is 11.5 Å². The molecule has 0 aliphatic carbocycles. The third kappa shape index (κ3) is 5.83. The molecule has 0 atom stereocenters. The van der Waals surface area contributed by atoms with Crippen molar-refractivity contribution in [3.63, 3.8) is 0 Å². The summed E-state index contributed by atoms with van der Waals surface area (Å²) in [5.41, 5.74) is -0.369. The van der Waals surface area contributed by atoms with Crippen molar-refractivity contribution in [2.75, 3.05) is 20.2 Å². The van der Waals surface area contributed by atoms with Crippen molar-refractivity contribution in [2.24, 2.45) is 0 Å². The summed E-state index contributed by atoms with van der Waals surface area (Å²) in [7, 11) is 1.57. The number of methoxy groups -OCH3 is 1. The van der Waals surface area contributed by atoms with E-state index >= 15 is 0 Å². The van der Waals surface area contributed by atoms with E-state index in [1.807, 2.05) is 0 Å². The Morgan fingerprint density at radius 2 is 1.72 bits per heavy atom. The van der Waals surface area contributed by atoms with Crippen molar-refractivity contribution >= 4 is 46.5 Å². The normalized spacial score (nSPS) is 15.2. The second kappa shape index (κ2) is 10.1. The van der Waals surface area contributed by atoms with E-state index in [0.717, 1.165) is 22.2 Å². The molecular weight excluding hydrogens is 452 g/mol. The van der Waals surface area contributed by atoms with Crippen LogP contribution in [0.1, 0.15) is 19.4 Å². The molecule has 32 heavy (non-hydrogen) atoms. The Hall–Kier alpha value is -2.97. The standard InChI is InChI=1S/C23H23ClN2O5S/c1-23(2,31-18-10-6-16(24)7-11-18)21(28)25-12-13-26-20(27)19(32-22(26)29)14-15-4-8-17(30-3)9-5-15/h4-11,14H,12-13H2,1-3H3,(H,25,28)/b19-14+. The van der Waals surface area contributed by atoms with Gasteiger partial charge in [0.05, 0.1) is 12.0 Å². The van der Waals surface area contributed by atoms with E-state index in [1.165, 1.54) is 0 Å². The van der Waals surface area contributed by atoms with Crippen LogP contribution in [0.25, 0.3) is 6.08 Å². The van der Waals surface area contributed by atoms with Gasteiger partial charge >= 0.3 is 0 Å². The summed E-state index contributed by atoms with van der Waals surface area (Å²) in [6.45, 7) is 3.44. The fourth-order valence-corrected chi connectivity index (χ4v) is 3.87. The van der Waals surface area contributed by atoms with Gasteiger partial charge < -0.3 is 14.8 Å². The summed E-state index contributed by atoms with van der Waals surface area (Å²) >= 11 is 6.74. The molecule has 0 unspecified atom stereocenters. The number of rotatable bonds is 8. The molecule has 3 amide bonds. The van der Waals surface area contributed by atoms with Crippen LogP contribution >= 0.6 is 23.4 Å². The minimum atomic E-state index is -1.15. The number of imide groups is 1. The van der Waals surface area contributed by atoms with Gasteiger partial charge in [0.15, 0.2) is 5.60 Å². The predicted molar refractivity (Wildman–Crippen MR) is 125 cm³/mol. The molecule has 1 N–H and O–H groups in total. The molecule has 1 saturated heterocycles. The molecule has 1 heterocycles. The van der Waals surface area contributed by atoms with Crippen LogP contribution in [0.15, 0.2) is 53.4 Å². The fourth-order valence-electron chi connectivity index (χ4n) is 2.88. The van der Waals surface area contributed by atoms with Crippen LogP contribution in [-0.2, 0) is 9.59 Å². The summed E-state index contributed by atoms with van der Waals surface area (Å²) in [5.74, 6) is 0.452. The monoisotopic (exact) mass is 474 g/mol. The summed E-state index contributed by atoms with van der Waals surface area (Å²) in [6, 6.07) is 13.8. The van der Waals surface area contributed by atoms with Gasteiger partial charge in [-0.15, -0.1) is 0 Å².